The zero-order chi connectivity index (χ0) is 24.0. The molecule has 8 heteroatoms. The molecule has 2 aromatic carbocycles. The molecule has 1 aliphatic heterocycles. The smallest absolute Gasteiger partial charge is 0.467 e. The quantitative estimate of drug-likeness (QED) is 0.392. The number of aryl methyl sites for hydroxylation is 1. The van der Waals surface area contributed by atoms with E-state index in [4.69, 9.17) is 9.84 Å². The second-order valence-corrected chi connectivity index (χ2v) is 9.36. The number of aromatic nitrogens is 1. The van der Waals surface area contributed by atoms with E-state index in [1.165, 1.54) is 12.1 Å². The van der Waals surface area contributed by atoms with Crippen LogP contribution in [0.1, 0.15) is 37.1 Å². The molecule has 1 unspecified atom stereocenters. The van der Waals surface area contributed by atoms with Crippen molar-refractivity contribution in [3.63, 3.8) is 0 Å². The number of fused-ring (bicyclic) bond motifs is 2. The molecule has 176 valence electrons. The highest BCUT2D eigenvalue weighted by molar-refractivity contribution is 5.91. The number of hydrogen-bond donors (Lipinski definition) is 1. The number of nitrogens with one attached hydrogen (secondary N) is 1. The van der Waals surface area contributed by atoms with Crippen molar-refractivity contribution in [1.29, 1.82) is 0 Å². The van der Waals surface area contributed by atoms with Gasteiger partial charge in [0.25, 0.3) is 5.60 Å². The Bertz CT molecular complexity index is 1190. The third-order valence-electron chi connectivity index (χ3n) is 6.22. The van der Waals surface area contributed by atoms with Crippen molar-refractivity contribution in [2.75, 3.05) is 18.5 Å². The van der Waals surface area contributed by atoms with Gasteiger partial charge in [0.05, 0.1) is 18.7 Å². The molecule has 4 rings (SSSR count). The minimum absolute atomic E-state index is 0.362. The molecule has 0 aliphatic carbocycles. The van der Waals surface area contributed by atoms with Gasteiger partial charge in [-0.25, -0.2) is 4.39 Å². The maximum Gasteiger partial charge on any atom is 0.467 e. The standard InChI is InChI=1S/C25H26F4N2O2/c1-15-7-8-18-20(5-4-6-21(18)31-15)30-14-24(32,25(27,28)29)13-23(2,3)19-12-17(26)11-16-9-10-33-22(16)19/h4-8,11-12,30,32H,9-10,13-14H2,1-3H3/p+1. The van der Waals surface area contributed by atoms with Crippen molar-refractivity contribution in [3.05, 3.63) is 65.1 Å². The van der Waals surface area contributed by atoms with E-state index in [2.05, 4.69) is 10.3 Å². The van der Waals surface area contributed by atoms with Gasteiger partial charge in [-0.3, -0.25) is 4.98 Å². The number of benzene rings is 2. The maximum absolute atomic E-state index is 14.2. The van der Waals surface area contributed by atoms with Gasteiger partial charge in [0.1, 0.15) is 11.6 Å². The van der Waals surface area contributed by atoms with Gasteiger partial charge >= 0.3 is 6.18 Å². The van der Waals surface area contributed by atoms with E-state index in [1.807, 2.05) is 6.92 Å². The lowest BCUT2D eigenvalue weighted by atomic mass is 9.74. The first-order chi connectivity index (χ1) is 15.4. The van der Waals surface area contributed by atoms with Crippen molar-refractivity contribution in [2.24, 2.45) is 0 Å². The first kappa shape index (κ1) is 23.3. The second kappa shape index (κ2) is 8.17. The Morgan fingerprint density at radius 3 is 2.61 bits per heavy atom. The zero-order valence-corrected chi connectivity index (χ0v) is 18.7. The molecule has 2 heterocycles. The van der Waals surface area contributed by atoms with Crippen LogP contribution in [0.15, 0.2) is 42.5 Å². The SMILES string of the molecule is Cc1ccc2c(NCC([OH2+])(CC(C)(C)c3cc(F)cc4c3OCC4)C(F)(F)F)cccc2n1. The Morgan fingerprint density at radius 2 is 1.88 bits per heavy atom. The van der Waals surface area contributed by atoms with E-state index in [9.17, 15) is 17.6 Å². The van der Waals surface area contributed by atoms with E-state index >= 15 is 0 Å². The number of hydrogen-bond acceptors (Lipinski definition) is 3. The monoisotopic (exact) mass is 463 g/mol. The molecular weight excluding hydrogens is 436 g/mol. The van der Waals surface area contributed by atoms with Crippen LogP contribution in [0.25, 0.3) is 10.9 Å². The summed E-state index contributed by atoms with van der Waals surface area (Å²) in [5.74, 6) is -0.0732. The summed E-state index contributed by atoms with van der Waals surface area (Å²) in [5.41, 5.74) is -1.03. The summed E-state index contributed by atoms with van der Waals surface area (Å²) >= 11 is 0. The predicted molar refractivity (Wildman–Crippen MR) is 121 cm³/mol. The Labute approximate surface area is 189 Å². The van der Waals surface area contributed by atoms with Crippen LogP contribution in [0.5, 0.6) is 5.75 Å². The van der Waals surface area contributed by atoms with Gasteiger partial charge in [0, 0.05) is 46.2 Å². The lowest BCUT2D eigenvalue weighted by Crippen LogP contribution is -2.53. The highest BCUT2D eigenvalue weighted by atomic mass is 19.4. The van der Waals surface area contributed by atoms with Gasteiger partial charge in [-0.05, 0) is 43.3 Å². The van der Waals surface area contributed by atoms with Gasteiger partial charge in [0.15, 0.2) is 0 Å². The molecular formula is C25H27F4N2O2+. The van der Waals surface area contributed by atoms with Crippen LogP contribution in [0.3, 0.4) is 0 Å². The van der Waals surface area contributed by atoms with E-state index < -0.39 is 36.0 Å². The molecule has 0 amide bonds. The van der Waals surface area contributed by atoms with Crippen LogP contribution < -0.4 is 10.1 Å². The van der Waals surface area contributed by atoms with Crippen molar-refractivity contribution >= 4 is 16.6 Å². The highest BCUT2D eigenvalue weighted by Gasteiger charge is 2.61. The molecule has 0 bridgehead atoms. The average molecular weight is 463 g/mol. The molecule has 33 heavy (non-hydrogen) atoms. The molecule has 0 radical (unpaired) electrons. The summed E-state index contributed by atoms with van der Waals surface area (Å²) < 4.78 is 62.5. The fraction of sp³-hybridized carbons (Fsp3) is 0.400. The van der Waals surface area contributed by atoms with Gasteiger partial charge < -0.3 is 15.2 Å². The Hall–Kier alpha value is -2.87. The number of nitrogens with zero attached hydrogens (tertiary/aromatic N) is 1. The van der Waals surface area contributed by atoms with Crippen molar-refractivity contribution in [1.82, 2.24) is 4.98 Å². The van der Waals surface area contributed by atoms with Crippen molar-refractivity contribution in [3.8, 4) is 5.75 Å². The van der Waals surface area contributed by atoms with Gasteiger partial charge in [-0.1, -0.05) is 19.9 Å². The van der Waals surface area contributed by atoms with E-state index in [0.29, 0.717) is 46.5 Å². The predicted octanol–water partition coefficient (Wildman–Crippen LogP) is 5.42. The first-order valence-electron chi connectivity index (χ1n) is 10.8. The largest absolute Gasteiger partial charge is 0.493 e. The summed E-state index contributed by atoms with van der Waals surface area (Å²) in [7, 11) is 0. The molecule has 1 atom stereocenters. The van der Waals surface area contributed by atoms with Crippen molar-refractivity contribution < 1.29 is 27.4 Å². The molecule has 3 N–H and O–H groups in total. The fourth-order valence-electron chi connectivity index (χ4n) is 4.54. The topological polar surface area (TPSA) is 57.0 Å². The van der Waals surface area contributed by atoms with Crippen LogP contribution in [-0.2, 0) is 11.8 Å². The number of alkyl halides is 3. The molecule has 0 spiro atoms. The number of halogens is 4. The van der Waals surface area contributed by atoms with Gasteiger partial charge in [0.2, 0.25) is 0 Å². The van der Waals surface area contributed by atoms with Gasteiger partial charge in [-0.2, -0.15) is 13.2 Å². The minimum Gasteiger partial charge on any atom is -0.493 e. The van der Waals surface area contributed by atoms with Gasteiger partial charge in [-0.15, -0.1) is 0 Å². The van der Waals surface area contributed by atoms with E-state index in [1.54, 1.807) is 44.2 Å². The number of rotatable bonds is 6. The Balaban J connectivity index is 1.65. The molecule has 0 saturated carbocycles. The summed E-state index contributed by atoms with van der Waals surface area (Å²) in [5, 5.41) is 12.0. The van der Waals surface area contributed by atoms with E-state index in [-0.39, 0.29) is 0 Å². The van der Waals surface area contributed by atoms with E-state index in [0.717, 1.165) is 5.69 Å². The molecule has 0 fully saturated rings. The third-order valence-corrected chi connectivity index (χ3v) is 6.22. The van der Waals surface area contributed by atoms with Crippen LogP contribution >= 0.6 is 0 Å². The lowest BCUT2D eigenvalue weighted by molar-refractivity contribution is -0.260. The first-order valence-corrected chi connectivity index (χ1v) is 10.8. The minimum atomic E-state index is -4.81. The summed E-state index contributed by atoms with van der Waals surface area (Å²) in [6.07, 6.45) is -4.87. The summed E-state index contributed by atoms with van der Waals surface area (Å²) in [6, 6.07) is 11.4. The van der Waals surface area contributed by atoms with Crippen LogP contribution in [0, 0.1) is 12.7 Å². The number of pyridine rings is 1. The van der Waals surface area contributed by atoms with Crippen LogP contribution in [0.4, 0.5) is 23.2 Å². The normalized spacial score (nSPS) is 15.8. The highest BCUT2D eigenvalue weighted by Crippen LogP contribution is 2.46. The summed E-state index contributed by atoms with van der Waals surface area (Å²) in [4.78, 5) is 4.41. The Morgan fingerprint density at radius 1 is 1.12 bits per heavy atom. The van der Waals surface area contributed by atoms with Crippen LogP contribution in [-0.4, -0.2) is 35.0 Å². The molecule has 1 aromatic heterocycles. The third kappa shape index (κ3) is 4.49. The number of anilines is 1. The Kier molecular flexibility index (Phi) is 5.76. The average Bonchev–Trinajstić information content (AvgIpc) is 3.18. The fourth-order valence-corrected chi connectivity index (χ4v) is 4.54. The zero-order valence-electron chi connectivity index (χ0n) is 18.7. The number of ether oxygens (including phenoxy) is 1. The van der Waals surface area contributed by atoms with Crippen LogP contribution in [0.2, 0.25) is 0 Å². The van der Waals surface area contributed by atoms with Crippen molar-refractivity contribution in [2.45, 2.75) is 50.8 Å². The maximum atomic E-state index is 14.2. The molecule has 3 aromatic rings. The second-order valence-electron chi connectivity index (χ2n) is 9.36. The lowest BCUT2D eigenvalue weighted by Gasteiger charge is -2.35. The molecule has 1 aliphatic rings. The molecule has 4 nitrogen and oxygen atoms in total. The summed E-state index contributed by atoms with van der Waals surface area (Å²) in [6.45, 7) is 4.74. The molecule has 0 saturated heterocycles.